The van der Waals surface area contributed by atoms with Crippen molar-refractivity contribution in [2.24, 2.45) is 0 Å². The zero-order valence-electron chi connectivity index (χ0n) is 16.5. The van der Waals surface area contributed by atoms with Gasteiger partial charge in [-0.3, -0.25) is 4.79 Å². The van der Waals surface area contributed by atoms with Gasteiger partial charge in [0.05, 0.1) is 5.57 Å². The monoisotopic (exact) mass is 420 g/mol. The van der Waals surface area contributed by atoms with Crippen LogP contribution in [0.2, 0.25) is 0 Å². The summed E-state index contributed by atoms with van der Waals surface area (Å²) in [6, 6.07) is 26.8. The van der Waals surface area contributed by atoms with Gasteiger partial charge in [0.2, 0.25) is 0 Å². The topological polar surface area (TPSA) is 26.3 Å². The van der Waals surface area contributed by atoms with Crippen molar-refractivity contribution in [3.63, 3.8) is 0 Å². The summed E-state index contributed by atoms with van der Waals surface area (Å²) in [5, 5.41) is 0. The Labute approximate surface area is 178 Å². The summed E-state index contributed by atoms with van der Waals surface area (Å²) in [6.45, 7) is 0. The number of halogens is 3. The first-order valence-corrected chi connectivity index (χ1v) is 9.78. The van der Waals surface area contributed by atoms with Crippen LogP contribution in [0.15, 0.2) is 103 Å². The Morgan fingerprint density at radius 1 is 0.839 bits per heavy atom. The number of carbonyl (C=O) groups is 1. The first kappa shape index (κ1) is 20.7. The Bertz CT molecular complexity index is 1120. The maximum atomic E-state index is 13.4. The van der Waals surface area contributed by atoms with Crippen LogP contribution in [0, 0.1) is 0 Å². The fraction of sp³-hybridized carbons (Fsp3) is 0.115. The molecule has 4 rings (SSSR count). The van der Waals surface area contributed by atoms with E-state index in [-0.39, 0.29) is 17.8 Å². The molecule has 0 aliphatic carbocycles. The molecule has 1 unspecified atom stereocenters. The van der Waals surface area contributed by atoms with E-state index < -0.39 is 17.6 Å². The number of hydrogen-bond donors (Lipinski definition) is 0. The number of benzene rings is 3. The van der Waals surface area contributed by atoms with E-state index in [9.17, 15) is 18.0 Å². The van der Waals surface area contributed by atoms with Crippen LogP contribution in [0.1, 0.15) is 23.1 Å². The molecule has 3 aromatic carbocycles. The fourth-order valence-electron chi connectivity index (χ4n) is 3.67. The normalized spacial score (nSPS) is 18.9. The predicted molar refractivity (Wildman–Crippen MR) is 114 cm³/mol. The fourth-order valence-corrected chi connectivity index (χ4v) is 3.67. The number of ketones is 1. The molecular weight excluding hydrogens is 401 g/mol. The second-order valence-corrected chi connectivity index (χ2v) is 7.28. The van der Waals surface area contributed by atoms with Crippen molar-refractivity contribution in [2.75, 3.05) is 0 Å². The third-order valence-corrected chi connectivity index (χ3v) is 5.17. The van der Waals surface area contributed by atoms with E-state index in [4.69, 9.17) is 4.74 Å². The summed E-state index contributed by atoms with van der Waals surface area (Å²) in [5.74, 6) is -1.92. The van der Waals surface area contributed by atoms with E-state index in [2.05, 4.69) is 0 Å². The molecule has 1 aliphatic heterocycles. The highest BCUT2D eigenvalue weighted by Gasteiger charge is 2.50. The summed E-state index contributed by atoms with van der Waals surface area (Å²) in [6.07, 6.45) is -1.68. The smallest absolute Gasteiger partial charge is 0.454 e. The SMILES string of the molecule is O=C(C1=C(c2ccccc2)OC(/C=C/c2ccccc2)(c2ccccc2)C1)C(F)(F)F. The zero-order valence-corrected chi connectivity index (χ0v) is 16.5. The minimum Gasteiger partial charge on any atom is -0.477 e. The first-order chi connectivity index (χ1) is 14.9. The third kappa shape index (κ3) is 4.31. The molecule has 5 heteroatoms. The Morgan fingerprint density at radius 3 is 1.97 bits per heavy atom. The average Bonchev–Trinajstić information content (AvgIpc) is 3.19. The van der Waals surface area contributed by atoms with Crippen molar-refractivity contribution >= 4 is 17.6 Å². The van der Waals surface area contributed by atoms with Crippen LogP contribution in [0.5, 0.6) is 0 Å². The van der Waals surface area contributed by atoms with Crippen molar-refractivity contribution in [1.29, 1.82) is 0 Å². The molecule has 0 saturated carbocycles. The number of rotatable bonds is 5. The quantitative estimate of drug-likeness (QED) is 0.467. The molecule has 1 aliphatic rings. The Hall–Kier alpha value is -3.60. The molecular formula is C26H19F3O2. The number of ether oxygens (including phenoxy) is 1. The van der Waals surface area contributed by atoms with Crippen LogP contribution >= 0.6 is 0 Å². The van der Waals surface area contributed by atoms with Crippen molar-refractivity contribution in [2.45, 2.75) is 18.2 Å². The molecule has 0 fully saturated rings. The molecule has 1 atom stereocenters. The van der Waals surface area contributed by atoms with Crippen LogP contribution in [0.3, 0.4) is 0 Å². The average molecular weight is 420 g/mol. The van der Waals surface area contributed by atoms with Crippen molar-refractivity contribution in [1.82, 2.24) is 0 Å². The number of Topliss-reactive ketones (excluding diaryl/α,β-unsaturated/α-hetero) is 1. The van der Waals surface area contributed by atoms with Gasteiger partial charge in [0.1, 0.15) is 5.76 Å². The molecule has 31 heavy (non-hydrogen) atoms. The number of alkyl halides is 3. The molecule has 0 amide bonds. The minimum absolute atomic E-state index is 0.0375. The molecule has 1 heterocycles. The standard InChI is InChI=1S/C26H19F3O2/c27-26(28,29)24(30)22-18-25(21-14-8-3-9-15-21,17-16-19-10-4-1-5-11-19)31-23(22)20-12-6-2-7-13-20/h1-17H,18H2/b17-16+. The largest absolute Gasteiger partial charge is 0.477 e. The summed E-state index contributed by atoms with van der Waals surface area (Å²) in [5.41, 5.74) is 0.360. The summed E-state index contributed by atoms with van der Waals surface area (Å²) in [7, 11) is 0. The van der Waals surface area contributed by atoms with E-state index in [0.717, 1.165) is 5.56 Å². The summed E-state index contributed by atoms with van der Waals surface area (Å²) >= 11 is 0. The lowest BCUT2D eigenvalue weighted by Crippen LogP contribution is -2.27. The Kier molecular flexibility index (Phi) is 5.51. The second kappa shape index (κ2) is 8.26. The molecule has 2 nitrogen and oxygen atoms in total. The van der Waals surface area contributed by atoms with Gasteiger partial charge in [-0.1, -0.05) is 97.1 Å². The molecule has 0 N–H and O–H groups in total. The molecule has 156 valence electrons. The second-order valence-electron chi connectivity index (χ2n) is 7.28. The Balaban J connectivity index is 1.84. The highest BCUT2D eigenvalue weighted by atomic mass is 19.4. The van der Waals surface area contributed by atoms with E-state index in [1.54, 1.807) is 66.7 Å². The van der Waals surface area contributed by atoms with E-state index >= 15 is 0 Å². The first-order valence-electron chi connectivity index (χ1n) is 9.78. The lowest BCUT2D eigenvalue weighted by atomic mass is 9.86. The third-order valence-electron chi connectivity index (χ3n) is 5.17. The summed E-state index contributed by atoms with van der Waals surface area (Å²) < 4.78 is 46.6. The number of hydrogen-bond acceptors (Lipinski definition) is 2. The van der Waals surface area contributed by atoms with Crippen molar-refractivity contribution < 1.29 is 22.7 Å². The zero-order chi connectivity index (χ0) is 21.9. The van der Waals surface area contributed by atoms with Gasteiger partial charge in [-0.2, -0.15) is 13.2 Å². The van der Waals surface area contributed by atoms with Crippen LogP contribution in [-0.2, 0) is 15.1 Å². The lowest BCUT2D eigenvalue weighted by Gasteiger charge is -2.27. The summed E-state index contributed by atoms with van der Waals surface area (Å²) in [4.78, 5) is 12.4. The highest BCUT2D eigenvalue weighted by Crippen LogP contribution is 2.48. The van der Waals surface area contributed by atoms with Gasteiger partial charge in [-0.05, 0) is 17.2 Å². The van der Waals surface area contributed by atoms with Gasteiger partial charge in [-0.25, -0.2) is 0 Å². The van der Waals surface area contributed by atoms with E-state index in [0.29, 0.717) is 11.1 Å². The Morgan fingerprint density at radius 2 is 1.39 bits per heavy atom. The number of carbonyl (C=O) groups excluding carboxylic acids is 1. The molecule has 0 aromatic heterocycles. The lowest BCUT2D eigenvalue weighted by molar-refractivity contribution is -0.166. The van der Waals surface area contributed by atoms with Gasteiger partial charge < -0.3 is 4.74 Å². The minimum atomic E-state index is -4.99. The van der Waals surface area contributed by atoms with Gasteiger partial charge in [0.15, 0.2) is 5.60 Å². The molecule has 0 bridgehead atoms. The van der Waals surface area contributed by atoms with Crippen LogP contribution in [0.25, 0.3) is 11.8 Å². The van der Waals surface area contributed by atoms with Crippen molar-refractivity contribution in [3.05, 3.63) is 119 Å². The molecule has 3 aromatic rings. The maximum absolute atomic E-state index is 13.4. The molecule has 0 radical (unpaired) electrons. The van der Waals surface area contributed by atoms with Gasteiger partial charge in [0.25, 0.3) is 5.78 Å². The molecule has 0 saturated heterocycles. The predicted octanol–water partition coefficient (Wildman–Crippen LogP) is 6.56. The van der Waals surface area contributed by atoms with Crippen LogP contribution < -0.4 is 0 Å². The van der Waals surface area contributed by atoms with Gasteiger partial charge in [-0.15, -0.1) is 0 Å². The van der Waals surface area contributed by atoms with E-state index in [1.165, 1.54) is 0 Å². The molecule has 0 spiro atoms. The van der Waals surface area contributed by atoms with Crippen molar-refractivity contribution in [3.8, 4) is 0 Å². The van der Waals surface area contributed by atoms with Crippen LogP contribution in [-0.4, -0.2) is 12.0 Å². The van der Waals surface area contributed by atoms with Gasteiger partial charge in [0, 0.05) is 12.0 Å². The van der Waals surface area contributed by atoms with Gasteiger partial charge >= 0.3 is 6.18 Å². The van der Waals surface area contributed by atoms with Crippen LogP contribution in [0.4, 0.5) is 13.2 Å². The van der Waals surface area contributed by atoms with E-state index in [1.807, 2.05) is 36.4 Å². The maximum Gasteiger partial charge on any atom is 0.454 e. The highest BCUT2D eigenvalue weighted by molar-refractivity contribution is 6.06.